The molecule has 1 fully saturated rings. The summed E-state index contributed by atoms with van der Waals surface area (Å²) in [6.45, 7) is 0.274. The SMILES string of the molecule is COC1CC(C(=O)O)N(C(=O)c2cnn3ccccc23)C1. The van der Waals surface area contributed by atoms with Crippen LogP contribution in [0.1, 0.15) is 16.8 Å². The van der Waals surface area contributed by atoms with Gasteiger partial charge < -0.3 is 14.7 Å². The molecule has 3 heterocycles. The second kappa shape index (κ2) is 5.17. The van der Waals surface area contributed by atoms with Gasteiger partial charge in [0.2, 0.25) is 0 Å². The van der Waals surface area contributed by atoms with Crippen LogP contribution >= 0.6 is 0 Å². The summed E-state index contributed by atoms with van der Waals surface area (Å²) < 4.78 is 6.79. The van der Waals surface area contributed by atoms with Crippen LogP contribution in [0, 0.1) is 0 Å². The van der Waals surface area contributed by atoms with Crippen molar-refractivity contribution in [3.63, 3.8) is 0 Å². The molecule has 0 aromatic carbocycles. The van der Waals surface area contributed by atoms with E-state index in [1.807, 2.05) is 12.1 Å². The quantitative estimate of drug-likeness (QED) is 0.896. The van der Waals surface area contributed by atoms with E-state index in [9.17, 15) is 14.7 Å². The Morgan fingerprint density at radius 1 is 1.43 bits per heavy atom. The van der Waals surface area contributed by atoms with E-state index in [2.05, 4.69) is 5.10 Å². The van der Waals surface area contributed by atoms with Gasteiger partial charge in [0.15, 0.2) is 0 Å². The number of nitrogens with zero attached hydrogens (tertiary/aromatic N) is 3. The molecule has 0 saturated carbocycles. The van der Waals surface area contributed by atoms with E-state index in [0.29, 0.717) is 17.5 Å². The average Bonchev–Trinajstić information content (AvgIpc) is 3.10. The lowest BCUT2D eigenvalue weighted by atomic mass is 10.2. The van der Waals surface area contributed by atoms with E-state index < -0.39 is 12.0 Å². The Morgan fingerprint density at radius 2 is 2.24 bits per heavy atom. The standard InChI is InChI=1S/C14H15N3O4/c1-21-9-6-12(14(19)20)16(8-9)13(18)10-7-15-17-5-3-2-4-11(10)17/h2-5,7,9,12H,6,8H2,1H3,(H,19,20). The number of pyridine rings is 1. The lowest BCUT2D eigenvalue weighted by molar-refractivity contribution is -0.141. The Bertz CT molecular complexity index is 696. The summed E-state index contributed by atoms with van der Waals surface area (Å²) in [5.41, 5.74) is 1.06. The van der Waals surface area contributed by atoms with Crippen molar-refractivity contribution in [1.29, 1.82) is 0 Å². The van der Waals surface area contributed by atoms with Crippen molar-refractivity contribution >= 4 is 17.4 Å². The first-order valence-corrected chi connectivity index (χ1v) is 6.60. The summed E-state index contributed by atoms with van der Waals surface area (Å²) in [6, 6.07) is 4.54. The molecule has 1 aliphatic rings. The molecule has 21 heavy (non-hydrogen) atoms. The molecule has 2 aromatic heterocycles. The number of carbonyl (C=O) groups excluding carboxylic acids is 1. The van der Waals surface area contributed by atoms with Crippen LogP contribution in [0.2, 0.25) is 0 Å². The van der Waals surface area contributed by atoms with Gasteiger partial charge in [-0.05, 0) is 12.1 Å². The van der Waals surface area contributed by atoms with Crippen molar-refractivity contribution in [2.24, 2.45) is 0 Å². The number of carbonyl (C=O) groups is 2. The second-order valence-electron chi connectivity index (χ2n) is 4.99. The summed E-state index contributed by atoms with van der Waals surface area (Å²) in [7, 11) is 1.52. The van der Waals surface area contributed by atoms with E-state index in [-0.39, 0.29) is 18.6 Å². The number of rotatable bonds is 3. The zero-order chi connectivity index (χ0) is 15.0. The van der Waals surface area contributed by atoms with Crippen LogP contribution in [-0.4, -0.2) is 57.3 Å². The molecule has 0 bridgehead atoms. The highest BCUT2D eigenvalue weighted by Gasteiger charge is 2.40. The third kappa shape index (κ3) is 2.25. The molecule has 2 aromatic rings. The minimum Gasteiger partial charge on any atom is -0.480 e. The van der Waals surface area contributed by atoms with Crippen molar-refractivity contribution in [2.75, 3.05) is 13.7 Å². The van der Waals surface area contributed by atoms with Crippen LogP contribution in [0.4, 0.5) is 0 Å². The molecule has 7 nitrogen and oxygen atoms in total. The monoisotopic (exact) mass is 289 g/mol. The molecular formula is C14H15N3O4. The fourth-order valence-corrected chi connectivity index (χ4v) is 2.68. The fourth-order valence-electron chi connectivity index (χ4n) is 2.68. The smallest absolute Gasteiger partial charge is 0.326 e. The van der Waals surface area contributed by atoms with Crippen molar-refractivity contribution in [3.8, 4) is 0 Å². The van der Waals surface area contributed by atoms with Crippen LogP contribution in [0.25, 0.3) is 5.52 Å². The summed E-state index contributed by atoms with van der Waals surface area (Å²) in [5.74, 6) is -1.34. The lowest BCUT2D eigenvalue weighted by Gasteiger charge is -2.20. The molecule has 7 heteroatoms. The Labute approximate surface area is 120 Å². The number of carboxylic acid groups (broad SMARTS) is 1. The molecule has 1 N–H and O–H groups in total. The van der Waals surface area contributed by atoms with Crippen molar-refractivity contribution < 1.29 is 19.4 Å². The lowest BCUT2D eigenvalue weighted by Crippen LogP contribution is -2.40. The highest BCUT2D eigenvalue weighted by atomic mass is 16.5. The topological polar surface area (TPSA) is 84.1 Å². The van der Waals surface area contributed by atoms with Gasteiger partial charge in [-0.15, -0.1) is 0 Å². The minimum absolute atomic E-state index is 0.253. The minimum atomic E-state index is -1.01. The molecule has 110 valence electrons. The number of likely N-dealkylation sites (tertiary alicyclic amines) is 1. The Hall–Kier alpha value is -2.41. The van der Waals surface area contributed by atoms with E-state index >= 15 is 0 Å². The van der Waals surface area contributed by atoms with Gasteiger partial charge in [-0.2, -0.15) is 5.10 Å². The molecule has 0 spiro atoms. The van der Waals surface area contributed by atoms with Crippen LogP contribution in [-0.2, 0) is 9.53 Å². The summed E-state index contributed by atoms with van der Waals surface area (Å²) in [5, 5.41) is 13.4. The number of fused-ring (bicyclic) bond motifs is 1. The number of methoxy groups -OCH3 is 1. The van der Waals surface area contributed by atoms with Crippen molar-refractivity contribution in [3.05, 3.63) is 36.2 Å². The summed E-state index contributed by atoms with van der Waals surface area (Å²) in [4.78, 5) is 25.3. The Balaban J connectivity index is 1.95. The molecule has 1 amide bonds. The molecule has 0 aliphatic carbocycles. The maximum atomic E-state index is 12.7. The molecule has 2 atom stereocenters. The number of hydrogen-bond acceptors (Lipinski definition) is 4. The predicted octanol–water partition coefficient (Wildman–Crippen LogP) is 0.648. The van der Waals surface area contributed by atoms with E-state index in [0.717, 1.165) is 0 Å². The van der Waals surface area contributed by atoms with Gasteiger partial charge in [-0.3, -0.25) is 4.79 Å². The molecule has 2 unspecified atom stereocenters. The van der Waals surface area contributed by atoms with E-state index in [1.165, 1.54) is 18.2 Å². The van der Waals surface area contributed by atoms with E-state index in [1.54, 1.807) is 16.8 Å². The normalized spacial score (nSPS) is 21.9. The highest BCUT2D eigenvalue weighted by Crippen LogP contribution is 2.24. The summed E-state index contributed by atoms with van der Waals surface area (Å²) in [6.07, 6.45) is 3.26. The number of aliphatic carboxylic acids is 1. The van der Waals surface area contributed by atoms with Crippen LogP contribution in [0.3, 0.4) is 0 Å². The van der Waals surface area contributed by atoms with Gasteiger partial charge in [-0.1, -0.05) is 6.07 Å². The zero-order valence-electron chi connectivity index (χ0n) is 11.5. The van der Waals surface area contributed by atoms with Gasteiger partial charge in [0.1, 0.15) is 6.04 Å². The van der Waals surface area contributed by atoms with Crippen LogP contribution in [0.15, 0.2) is 30.6 Å². The number of aromatic nitrogens is 2. The molecule has 3 rings (SSSR count). The Kier molecular flexibility index (Phi) is 3.34. The van der Waals surface area contributed by atoms with Gasteiger partial charge in [0.05, 0.1) is 23.4 Å². The third-order valence-corrected chi connectivity index (χ3v) is 3.80. The second-order valence-corrected chi connectivity index (χ2v) is 4.99. The molecule has 1 saturated heterocycles. The number of ether oxygens (including phenoxy) is 1. The number of amides is 1. The van der Waals surface area contributed by atoms with Crippen molar-refractivity contribution in [2.45, 2.75) is 18.6 Å². The van der Waals surface area contributed by atoms with Gasteiger partial charge in [-0.25, -0.2) is 9.31 Å². The molecular weight excluding hydrogens is 274 g/mol. The summed E-state index contributed by atoms with van der Waals surface area (Å²) >= 11 is 0. The predicted molar refractivity (Wildman–Crippen MR) is 73.1 cm³/mol. The van der Waals surface area contributed by atoms with Gasteiger partial charge in [0.25, 0.3) is 5.91 Å². The first kappa shape index (κ1) is 13.6. The zero-order valence-corrected chi connectivity index (χ0v) is 11.5. The molecule has 0 radical (unpaired) electrons. The van der Waals surface area contributed by atoms with Crippen LogP contribution < -0.4 is 0 Å². The van der Waals surface area contributed by atoms with E-state index in [4.69, 9.17) is 4.74 Å². The third-order valence-electron chi connectivity index (χ3n) is 3.80. The van der Waals surface area contributed by atoms with Crippen molar-refractivity contribution in [1.82, 2.24) is 14.5 Å². The largest absolute Gasteiger partial charge is 0.480 e. The maximum Gasteiger partial charge on any atom is 0.326 e. The fraction of sp³-hybridized carbons (Fsp3) is 0.357. The molecule has 1 aliphatic heterocycles. The Morgan fingerprint density at radius 3 is 2.95 bits per heavy atom. The van der Waals surface area contributed by atoms with Gasteiger partial charge in [0, 0.05) is 26.3 Å². The van der Waals surface area contributed by atoms with Crippen LogP contribution in [0.5, 0.6) is 0 Å². The maximum absolute atomic E-state index is 12.7. The highest BCUT2D eigenvalue weighted by molar-refractivity contribution is 6.02. The number of carboxylic acids is 1. The first-order chi connectivity index (χ1) is 10.1. The van der Waals surface area contributed by atoms with Gasteiger partial charge >= 0.3 is 5.97 Å². The average molecular weight is 289 g/mol. The first-order valence-electron chi connectivity index (χ1n) is 6.60. The number of hydrogen-bond donors (Lipinski definition) is 1.